The van der Waals surface area contributed by atoms with Gasteiger partial charge >= 0.3 is 0 Å². The van der Waals surface area contributed by atoms with E-state index in [-0.39, 0.29) is 12.2 Å². The van der Waals surface area contributed by atoms with Gasteiger partial charge in [0.05, 0.1) is 19.1 Å². The van der Waals surface area contributed by atoms with E-state index in [0.29, 0.717) is 17.1 Å². The van der Waals surface area contributed by atoms with Crippen LogP contribution in [0.3, 0.4) is 0 Å². The Morgan fingerprint density at radius 3 is 2.76 bits per heavy atom. The number of benzene rings is 2. The highest BCUT2D eigenvalue weighted by atomic mass is 16.5. The van der Waals surface area contributed by atoms with Gasteiger partial charge in [-0.1, -0.05) is 30.0 Å². The zero-order valence-corrected chi connectivity index (χ0v) is 11.6. The van der Waals surface area contributed by atoms with Crippen molar-refractivity contribution in [2.45, 2.75) is 12.5 Å². The predicted octanol–water partition coefficient (Wildman–Crippen LogP) is 3.08. The lowest BCUT2D eigenvalue weighted by Crippen LogP contribution is -2.25. The highest BCUT2D eigenvalue weighted by Gasteiger charge is 2.25. The van der Waals surface area contributed by atoms with Crippen LogP contribution in [0, 0.1) is 11.8 Å². The van der Waals surface area contributed by atoms with Crippen LogP contribution in [0.15, 0.2) is 48.5 Å². The monoisotopic (exact) mass is 278 g/mol. The Bertz CT molecular complexity index is 723. The van der Waals surface area contributed by atoms with Crippen LogP contribution < -0.4 is 9.47 Å². The fourth-order valence-electron chi connectivity index (χ4n) is 2.20. The molecular weight excluding hydrogens is 264 g/mol. The highest BCUT2D eigenvalue weighted by Crippen LogP contribution is 2.31. The van der Waals surface area contributed by atoms with Gasteiger partial charge in [-0.3, -0.25) is 4.79 Å². The molecule has 0 saturated carbocycles. The fraction of sp³-hybridized carbons (Fsp3) is 0.167. The second-order valence-electron chi connectivity index (χ2n) is 4.73. The lowest BCUT2D eigenvalue weighted by molar-refractivity contribution is 0.0899. The number of hydrogen-bond acceptors (Lipinski definition) is 3. The van der Waals surface area contributed by atoms with Crippen LogP contribution in [0.2, 0.25) is 0 Å². The molecule has 0 aliphatic carbocycles. The number of hydrogen-bond donors (Lipinski definition) is 0. The number of ketones is 1. The smallest absolute Gasteiger partial charge is 0.171 e. The van der Waals surface area contributed by atoms with E-state index in [1.165, 1.54) is 0 Å². The van der Waals surface area contributed by atoms with Crippen LogP contribution in [-0.2, 0) is 0 Å². The van der Waals surface area contributed by atoms with E-state index >= 15 is 0 Å². The summed E-state index contributed by atoms with van der Waals surface area (Å²) in [5.74, 6) is 7.30. The average Bonchev–Trinajstić information content (AvgIpc) is 2.53. The van der Waals surface area contributed by atoms with Crippen LogP contribution in [-0.4, -0.2) is 19.0 Å². The number of fused-ring (bicyclic) bond motifs is 1. The molecule has 0 amide bonds. The van der Waals surface area contributed by atoms with Gasteiger partial charge in [-0.2, -0.15) is 0 Å². The molecule has 1 atom stereocenters. The zero-order chi connectivity index (χ0) is 14.7. The van der Waals surface area contributed by atoms with Gasteiger partial charge in [0.25, 0.3) is 0 Å². The zero-order valence-electron chi connectivity index (χ0n) is 11.6. The van der Waals surface area contributed by atoms with E-state index < -0.39 is 6.10 Å². The number of carbonyl (C=O) groups excluding carboxylic acids is 1. The summed E-state index contributed by atoms with van der Waals surface area (Å²) in [6, 6.07) is 14.9. The van der Waals surface area contributed by atoms with E-state index in [2.05, 4.69) is 11.8 Å². The maximum Gasteiger partial charge on any atom is 0.171 e. The van der Waals surface area contributed by atoms with Gasteiger partial charge in [-0.25, -0.2) is 0 Å². The molecule has 2 aromatic carbocycles. The van der Waals surface area contributed by atoms with Crippen molar-refractivity contribution < 1.29 is 14.3 Å². The summed E-state index contributed by atoms with van der Waals surface area (Å²) in [6.45, 7) is 0. The molecular formula is C18H14O3. The first kappa shape index (κ1) is 13.3. The Hall–Kier alpha value is -2.73. The van der Waals surface area contributed by atoms with E-state index in [9.17, 15) is 4.79 Å². The highest BCUT2D eigenvalue weighted by molar-refractivity contribution is 6.00. The molecule has 0 bridgehead atoms. The van der Waals surface area contributed by atoms with Gasteiger partial charge in [0.1, 0.15) is 11.5 Å². The largest absolute Gasteiger partial charge is 0.497 e. The number of rotatable bonds is 1. The van der Waals surface area contributed by atoms with Crippen molar-refractivity contribution in [3.8, 4) is 23.3 Å². The van der Waals surface area contributed by atoms with Crippen molar-refractivity contribution in [1.29, 1.82) is 0 Å². The summed E-state index contributed by atoms with van der Waals surface area (Å²) >= 11 is 0. The summed E-state index contributed by atoms with van der Waals surface area (Å²) in [5, 5.41) is 0. The van der Waals surface area contributed by atoms with E-state index in [1.54, 1.807) is 25.3 Å². The molecule has 104 valence electrons. The summed E-state index contributed by atoms with van der Waals surface area (Å²) < 4.78 is 10.9. The third kappa shape index (κ3) is 2.90. The molecule has 1 heterocycles. The lowest BCUT2D eigenvalue weighted by atomic mass is 10.0. The Kier molecular flexibility index (Phi) is 3.61. The normalized spacial score (nSPS) is 16.2. The van der Waals surface area contributed by atoms with E-state index in [1.807, 2.05) is 30.3 Å². The second kappa shape index (κ2) is 5.72. The van der Waals surface area contributed by atoms with Crippen molar-refractivity contribution in [2.24, 2.45) is 0 Å². The summed E-state index contributed by atoms with van der Waals surface area (Å²) in [5.41, 5.74) is 1.50. The van der Waals surface area contributed by atoms with Crippen molar-refractivity contribution in [3.05, 3.63) is 59.7 Å². The summed E-state index contributed by atoms with van der Waals surface area (Å²) in [6.07, 6.45) is -0.142. The number of Topliss-reactive ketones (excluding diaryl/α,β-unsaturated/α-hetero) is 1. The van der Waals surface area contributed by atoms with Gasteiger partial charge in [0.15, 0.2) is 11.9 Å². The first-order valence-corrected chi connectivity index (χ1v) is 6.71. The van der Waals surface area contributed by atoms with Gasteiger partial charge in [-0.15, -0.1) is 0 Å². The molecule has 0 N–H and O–H groups in total. The van der Waals surface area contributed by atoms with Crippen LogP contribution in [0.1, 0.15) is 22.3 Å². The van der Waals surface area contributed by atoms with Crippen LogP contribution in [0.4, 0.5) is 0 Å². The third-order valence-corrected chi connectivity index (χ3v) is 3.28. The minimum absolute atomic E-state index is 0.0475. The molecule has 0 fully saturated rings. The molecule has 3 heteroatoms. The van der Waals surface area contributed by atoms with Crippen molar-refractivity contribution >= 4 is 5.78 Å². The molecule has 0 spiro atoms. The molecule has 3 nitrogen and oxygen atoms in total. The molecule has 0 unspecified atom stereocenters. The van der Waals surface area contributed by atoms with Gasteiger partial charge in [-0.05, 0) is 24.3 Å². The second-order valence-corrected chi connectivity index (χ2v) is 4.73. The fourth-order valence-corrected chi connectivity index (χ4v) is 2.20. The molecule has 3 rings (SSSR count). The minimum atomic E-state index is -0.419. The van der Waals surface area contributed by atoms with Gasteiger partial charge in [0.2, 0.25) is 0 Å². The van der Waals surface area contributed by atoms with Crippen LogP contribution >= 0.6 is 0 Å². The van der Waals surface area contributed by atoms with Crippen molar-refractivity contribution in [1.82, 2.24) is 0 Å². The predicted molar refractivity (Wildman–Crippen MR) is 79.7 cm³/mol. The summed E-state index contributed by atoms with van der Waals surface area (Å²) in [7, 11) is 1.58. The lowest BCUT2D eigenvalue weighted by Gasteiger charge is -2.21. The SMILES string of the molecule is COc1ccc2c(c1)O[C@@H](C#Cc1ccccc1)CC2=O. The summed E-state index contributed by atoms with van der Waals surface area (Å²) in [4.78, 5) is 12.1. The number of methoxy groups -OCH3 is 1. The molecule has 0 radical (unpaired) electrons. The average molecular weight is 278 g/mol. The quantitative estimate of drug-likeness (QED) is 0.752. The maximum absolute atomic E-state index is 12.1. The molecule has 21 heavy (non-hydrogen) atoms. The third-order valence-electron chi connectivity index (χ3n) is 3.28. The van der Waals surface area contributed by atoms with Crippen LogP contribution in [0.5, 0.6) is 11.5 Å². The molecule has 2 aromatic rings. The Morgan fingerprint density at radius 1 is 1.19 bits per heavy atom. The van der Waals surface area contributed by atoms with Crippen molar-refractivity contribution in [3.63, 3.8) is 0 Å². The molecule has 1 aliphatic rings. The molecule has 1 aliphatic heterocycles. The van der Waals surface area contributed by atoms with Crippen molar-refractivity contribution in [2.75, 3.05) is 7.11 Å². The maximum atomic E-state index is 12.1. The minimum Gasteiger partial charge on any atom is -0.497 e. The molecule has 0 saturated heterocycles. The van der Waals surface area contributed by atoms with Gasteiger partial charge in [0, 0.05) is 11.6 Å². The van der Waals surface area contributed by atoms with E-state index in [4.69, 9.17) is 9.47 Å². The number of ether oxygens (including phenoxy) is 2. The Labute approximate surface area is 123 Å². The Morgan fingerprint density at radius 2 is 2.00 bits per heavy atom. The van der Waals surface area contributed by atoms with E-state index in [0.717, 1.165) is 5.56 Å². The number of carbonyl (C=O) groups is 1. The van der Waals surface area contributed by atoms with Crippen LogP contribution in [0.25, 0.3) is 0 Å². The van der Waals surface area contributed by atoms with Gasteiger partial charge < -0.3 is 9.47 Å². The molecule has 0 aromatic heterocycles. The Balaban J connectivity index is 1.85. The first-order valence-electron chi connectivity index (χ1n) is 6.71. The first-order chi connectivity index (χ1) is 10.3. The topological polar surface area (TPSA) is 35.5 Å². The standard InChI is InChI=1S/C18H14O3/c1-20-14-9-10-16-17(19)11-15(21-18(16)12-14)8-7-13-5-3-2-4-6-13/h2-6,9-10,12,15H,11H2,1H3/t15-/m0/s1.